The molecule has 32 heavy (non-hydrogen) atoms. The average Bonchev–Trinajstić information content (AvgIpc) is 2.77. The predicted molar refractivity (Wildman–Crippen MR) is 133 cm³/mol. The second kappa shape index (κ2) is 12.0. The van der Waals surface area contributed by atoms with Crippen molar-refractivity contribution in [1.82, 2.24) is 4.72 Å². The van der Waals surface area contributed by atoms with Crippen molar-refractivity contribution in [3.63, 3.8) is 0 Å². The molecule has 0 saturated heterocycles. The van der Waals surface area contributed by atoms with Crippen LogP contribution in [0.2, 0.25) is 0 Å². The Morgan fingerprint density at radius 3 is 1.94 bits per heavy atom. The summed E-state index contributed by atoms with van der Waals surface area (Å²) in [6.07, 6.45) is 2.66. The second-order valence-corrected chi connectivity index (χ2v) is 9.41. The van der Waals surface area contributed by atoms with E-state index in [1.54, 1.807) is 30.3 Å². The van der Waals surface area contributed by atoms with E-state index in [9.17, 15) is 8.42 Å². The molecule has 0 fully saturated rings. The lowest BCUT2D eigenvalue weighted by Gasteiger charge is -2.09. The van der Waals surface area contributed by atoms with E-state index in [2.05, 4.69) is 56.0 Å². The summed E-state index contributed by atoms with van der Waals surface area (Å²) in [5, 5.41) is 0. The third-order valence-corrected chi connectivity index (χ3v) is 5.95. The van der Waals surface area contributed by atoms with Crippen LogP contribution in [0.15, 0.2) is 96.4 Å². The SMILES string of the molecule is C=C(C)Cc1ccc(C)cc1.C=Cc1ccc(S(=O)(=O)NCOc2ccc(C)cc2)cc1. The van der Waals surface area contributed by atoms with Gasteiger partial charge in [-0.1, -0.05) is 84.5 Å². The summed E-state index contributed by atoms with van der Waals surface area (Å²) < 4.78 is 31.9. The van der Waals surface area contributed by atoms with Crippen LogP contribution in [0.3, 0.4) is 0 Å². The van der Waals surface area contributed by atoms with E-state index < -0.39 is 10.0 Å². The van der Waals surface area contributed by atoms with E-state index in [0.29, 0.717) is 5.75 Å². The van der Waals surface area contributed by atoms with Crippen LogP contribution in [0.5, 0.6) is 5.75 Å². The number of rotatable bonds is 8. The van der Waals surface area contributed by atoms with Gasteiger partial charge in [0.2, 0.25) is 10.0 Å². The van der Waals surface area contributed by atoms with E-state index in [0.717, 1.165) is 17.5 Å². The fourth-order valence-electron chi connectivity index (χ4n) is 2.75. The summed E-state index contributed by atoms with van der Waals surface area (Å²) in [7, 11) is -3.57. The lowest BCUT2D eigenvalue weighted by Crippen LogP contribution is -2.27. The van der Waals surface area contributed by atoms with E-state index >= 15 is 0 Å². The first-order chi connectivity index (χ1) is 15.2. The van der Waals surface area contributed by atoms with Crippen LogP contribution in [-0.2, 0) is 16.4 Å². The maximum Gasteiger partial charge on any atom is 0.243 e. The Balaban J connectivity index is 0.000000278. The number of aryl methyl sites for hydroxylation is 2. The number of nitrogens with one attached hydrogen (secondary N) is 1. The van der Waals surface area contributed by atoms with Gasteiger partial charge in [0.15, 0.2) is 6.73 Å². The number of allylic oxidation sites excluding steroid dienone is 1. The van der Waals surface area contributed by atoms with Crippen molar-refractivity contribution in [3.8, 4) is 5.75 Å². The quantitative estimate of drug-likeness (QED) is 0.336. The van der Waals surface area contributed by atoms with Gasteiger partial charge in [-0.25, -0.2) is 8.42 Å². The largest absolute Gasteiger partial charge is 0.477 e. The number of hydrogen-bond donors (Lipinski definition) is 1. The van der Waals surface area contributed by atoms with Crippen molar-refractivity contribution in [3.05, 3.63) is 114 Å². The molecule has 0 spiro atoms. The molecule has 3 aromatic carbocycles. The third-order valence-electron chi connectivity index (χ3n) is 4.56. The van der Waals surface area contributed by atoms with Gasteiger partial charge >= 0.3 is 0 Å². The van der Waals surface area contributed by atoms with Gasteiger partial charge in [-0.15, -0.1) is 0 Å². The highest BCUT2D eigenvalue weighted by Gasteiger charge is 2.13. The smallest absolute Gasteiger partial charge is 0.243 e. The van der Waals surface area contributed by atoms with E-state index in [-0.39, 0.29) is 11.6 Å². The zero-order chi connectivity index (χ0) is 23.6. The maximum atomic E-state index is 12.1. The fourth-order valence-corrected chi connectivity index (χ4v) is 3.62. The van der Waals surface area contributed by atoms with Gasteiger partial charge in [-0.05, 0) is 62.6 Å². The fraction of sp³-hybridized carbons (Fsp3) is 0.185. The molecule has 0 bridgehead atoms. The molecule has 0 aliphatic heterocycles. The molecular formula is C27H31NO3S. The van der Waals surface area contributed by atoms with Gasteiger partial charge in [-0.3, -0.25) is 0 Å². The van der Waals surface area contributed by atoms with Gasteiger partial charge in [0.25, 0.3) is 0 Å². The number of sulfonamides is 1. The summed E-state index contributed by atoms with van der Waals surface area (Å²) >= 11 is 0. The molecule has 0 heterocycles. The zero-order valence-corrected chi connectivity index (χ0v) is 19.8. The van der Waals surface area contributed by atoms with Crippen LogP contribution < -0.4 is 9.46 Å². The summed E-state index contributed by atoms with van der Waals surface area (Å²) in [5.41, 5.74) is 5.86. The molecule has 0 amide bonds. The Bertz CT molecular complexity index is 1120. The first-order valence-corrected chi connectivity index (χ1v) is 11.8. The lowest BCUT2D eigenvalue weighted by molar-refractivity contribution is 0.311. The van der Waals surface area contributed by atoms with Gasteiger partial charge in [0, 0.05) is 0 Å². The molecule has 0 saturated carbocycles. The number of hydrogen-bond acceptors (Lipinski definition) is 3. The summed E-state index contributed by atoms with van der Waals surface area (Å²) in [6, 6.07) is 22.4. The lowest BCUT2D eigenvalue weighted by atomic mass is 10.1. The van der Waals surface area contributed by atoms with Crippen molar-refractivity contribution >= 4 is 16.1 Å². The van der Waals surface area contributed by atoms with Crippen LogP contribution >= 0.6 is 0 Å². The summed E-state index contributed by atoms with van der Waals surface area (Å²) in [6.45, 7) is 13.5. The molecule has 0 atom stereocenters. The monoisotopic (exact) mass is 449 g/mol. The third kappa shape index (κ3) is 8.53. The molecule has 3 aromatic rings. The molecule has 3 rings (SSSR count). The van der Waals surface area contributed by atoms with E-state index in [1.165, 1.54) is 28.8 Å². The predicted octanol–water partition coefficient (Wildman–Crippen LogP) is 6.07. The maximum absolute atomic E-state index is 12.1. The van der Waals surface area contributed by atoms with Crippen molar-refractivity contribution in [2.45, 2.75) is 32.1 Å². The molecule has 168 valence electrons. The Morgan fingerprint density at radius 2 is 1.44 bits per heavy atom. The normalized spacial score (nSPS) is 10.6. The Morgan fingerprint density at radius 1 is 0.906 bits per heavy atom. The van der Waals surface area contributed by atoms with E-state index in [4.69, 9.17) is 4.74 Å². The second-order valence-electron chi connectivity index (χ2n) is 7.64. The molecule has 5 heteroatoms. The molecule has 0 aromatic heterocycles. The topological polar surface area (TPSA) is 55.4 Å². The molecule has 4 nitrogen and oxygen atoms in total. The molecular weight excluding hydrogens is 418 g/mol. The van der Waals surface area contributed by atoms with Crippen molar-refractivity contribution < 1.29 is 13.2 Å². The highest BCUT2D eigenvalue weighted by atomic mass is 32.2. The number of benzene rings is 3. The first kappa shape index (κ1) is 25.1. The first-order valence-electron chi connectivity index (χ1n) is 10.3. The highest BCUT2D eigenvalue weighted by Crippen LogP contribution is 2.13. The van der Waals surface area contributed by atoms with Crippen LogP contribution in [0, 0.1) is 13.8 Å². The Kier molecular flexibility index (Phi) is 9.44. The van der Waals surface area contributed by atoms with Gasteiger partial charge in [0.05, 0.1) is 4.90 Å². The highest BCUT2D eigenvalue weighted by molar-refractivity contribution is 7.89. The Labute approximate surface area is 192 Å². The summed E-state index contributed by atoms with van der Waals surface area (Å²) in [4.78, 5) is 0.195. The van der Waals surface area contributed by atoms with Crippen molar-refractivity contribution in [2.75, 3.05) is 6.73 Å². The van der Waals surface area contributed by atoms with Crippen LogP contribution in [0.25, 0.3) is 6.08 Å². The van der Waals surface area contributed by atoms with Crippen molar-refractivity contribution in [2.24, 2.45) is 0 Å². The molecule has 0 unspecified atom stereocenters. The molecule has 0 radical (unpaired) electrons. The van der Waals surface area contributed by atoms with Crippen LogP contribution in [0.1, 0.15) is 29.2 Å². The van der Waals surface area contributed by atoms with Gasteiger partial charge < -0.3 is 4.74 Å². The minimum atomic E-state index is -3.57. The minimum absolute atomic E-state index is 0.116. The molecule has 0 aliphatic rings. The van der Waals surface area contributed by atoms with Crippen LogP contribution in [0.4, 0.5) is 0 Å². The standard InChI is InChI=1S/C16H17NO3S.C11H14/c1-3-14-6-10-16(11-7-14)21(18,19)17-12-20-15-8-4-13(2)5-9-15;1-9(2)8-11-6-4-10(3)5-7-11/h3-11,17H,1,12H2,2H3;4-7H,1,8H2,2-3H3. The average molecular weight is 450 g/mol. The molecule has 0 aliphatic carbocycles. The minimum Gasteiger partial charge on any atom is -0.477 e. The Hall–Kier alpha value is -3.15. The number of ether oxygens (including phenoxy) is 1. The van der Waals surface area contributed by atoms with E-state index in [1.807, 2.05) is 19.1 Å². The molecule has 1 N–H and O–H groups in total. The van der Waals surface area contributed by atoms with Gasteiger partial charge in [-0.2, -0.15) is 4.72 Å². The zero-order valence-electron chi connectivity index (χ0n) is 19.0. The van der Waals surface area contributed by atoms with Gasteiger partial charge in [0.1, 0.15) is 5.75 Å². The van der Waals surface area contributed by atoms with Crippen molar-refractivity contribution in [1.29, 1.82) is 0 Å². The summed E-state index contributed by atoms with van der Waals surface area (Å²) in [5.74, 6) is 0.616. The van der Waals surface area contributed by atoms with Crippen LogP contribution in [-0.4, -0.2) is 15.1 Å².